The highest BCUT2D eigenvalue weighted by molar-refractivity contribution is 6.32. The minimum Gasteiger partial charge on any atom is -0.494 e. The molecule has 1 aromatic carbocycles. The number of piperazine rings is 1. The van der Waals surface area contributed by atoms with Gasteiger partial charge in [0, 0.05) is 44.1 Å². The molecule has 164 valence electrons. The standard InChI is InChI=1S/C23H24ClN7O/c1-15-4-3-9-31-19(14-26-22(15)31)21-17(24)13-27-23(29-21)28-18-6-5-16(12-20(18)32-2)30-10-7-25-8-11-30/h3-6,9,12-14,25H,7-8,10-11H2,1-2H3,(H,27,28,29). The topological polar surface area (TPSA) is 79.6 Å². The van der Waals surface area contributed by atoms with E-state index in [-0.39, 0.29) is 0 Å². The van der Waals surface area contributed by atoms with Gasteiger partial charge in [-0.25, -0.2) is 15.0 Å². The molecule has 0 aliphatic carbocycles. The SMILES string of the molecule is COc1cc(N2CCNCC2)ccc1Nc1ncc(Cl)c(-c2cnc3c(C)cccn23)n1. The van der Waals surface area contributed by atoms with Crippen molar-refractivity contribution in [2.75, 3.05) is 43.5 Å². The number of nitrogens with one attached hydrogen (secondary N) is 2. The third-order valence-electron chi connectivity index (χ3n) is 5.63. The molecular formula is C23H24ClN7O. The Hall–Kier alpha value is -3.36. The van der Waals surface area contributed by atoms with E-state index in [1.807, 2.05) is 41.8 Å². The van der Waals surface area contributed by atoms with Crippen LogP contribution in [0.25, 0.3) is 17.0 Å². The molecule has 2 N–H and O–H groups in total. The normalized spacial score (nSPS) is 14.0. The summed E-state index contributed by atoms with van der Waals surface area (Å²) in [6.07, 6.45) is 5.33. The summed E-state index contributed by atoms with van der Waals surface area (Å²) in [5.41, 5.74) is 5.29. The second-order valence-electron chi connectivity index (χ2n) is 7.67. The van der Waals surface area contributed by atoms with Gasteiger partial charge >= 0.3 is 0 Å². The number of aromatic nitrogens is 4. The summed E-state index contributed by atoms with van der Waals surface area (Å²) < 4.78 is 7.63. The van der Waals surface area contributed by atoms with Crippen LogP contribution in [0.15, 0.2) is 48.9 Å². The predicted octanol–water partition coefficient (Wildman–Crippen LogP) is 3.91. The first-order valence-electron chi connectivity index (χ1n) is 10.5. The van der Waals surface area contributed by atoms with Gasteiger partial charge in [-0.3, -0.25) is 4.40 Å². The van der Waals surface area contributed by atoms with Gasteiger partial charge in [-0.2, -0.15) is 0 Å². The van der Waals surface area contributed by atoms with Gasteiger partial charge < -0.3 is 20.3 Å². The number of anilines is 3. The fourth-order valence-corrected chi connectivity index (χ4v) is 4.14. The van der Waals surface area contributed by atoms with Crippen molar-refractivity contribution in [2.45, 2.75) is 6.92 Å². The van der Waals surface area contributed by atoms with E-state index in [9.17, 15) is 0 Å². The molecule has 0 unspecified atom stereocenters. The molecule has 0 bridgehead atoms. The Morgan fingerprint density at radius 1 is 1.12 bits per heavy atom. The number of nitrogens with zero attached hydrogens (tertiary/aromatic N) is 5. The van der Waals surface area contributed by atoms with Gasteiger partial charge in [0.25, 0.3) is 0 Å². The third kappa shape index (κ3) is 3.83. The van der Waals surface area contributed by atoms with Crippen molar-refractivity contribution in [3.05, 3.63) is 59.5 Å². The minimum atomic E-state index is 0.431. The van der Waals surface area contributed by atoms with E-state index >= 15 is 0 Å². The molecule has 32 heavy (non-hydrogen) atoms. The van der Waals surface area contributed by atoms with Crippen LogP contribution in [0.2, 0.25) is 5.02 Å². The number of hydrogen-bond acceptors (Lipinski definition) is 7. The van der Waals surface area contributed by atoms with Crippen LogP contribution in [-0.2, 0) is 0 Å². The maximum atomic E-state index is 6.47. The van der Waals surface area contributed by atoms with Gasteiger partial charge in [-0.05, 0) is 30.7 Å². The molecule has 0 saturated carbocycles. The minimum absolute atomic E-state index is 0.431. The van der Waals surface area contributed by atoms with Gasteiger partial charge in [-0.15, -0.1) is 0 Å². The zero-order chi connectivity index (χ0) is 22.1. The zero-order valence-corrected chi connectivity index (χ0v) is 18.7. The first-order valence-corrected chi connectivity index (χ1v) is 10.9. The van der Waals surface area contributed by atoms with Gasteiger partial charge in [-0.1, -0.05) is 17.7 Å². The summed E-state index contributed by atoms with van der Waals surface area (Å²) in [6.45, 7) is 5.92. The maximum Gasteiger partial charge on any atom is 0.227 e. The van der Waals surface area contributed by atoms with Crippen LogP contribution in [0.3, 0.4) is 0 Å². The Kier molecular flexibility index (Phi) is 5.55. The first kappa shape index (κ1) is 20.5. The Labute approximate surface area is 191 Å². The largest absolute Gasteiger partial charge is 0.494 e. The van der Waals surface area contributed by atoms with Crippen LogP contribution in [-0.4, -0.2) is 52.6 Å². The molecule has 0 spiro atoms. The number of imidazole rings is 1. The second-order valence-corrected chi connectivity index (χ2v) is 8.07. The van der Waals surface area contributed by atoms with E-state index in [0.717, 1.165) is 60.2 Å². The average Bonchev–Trinajstić information content (AvgIpc) is 3.26. The van der Waals surface area contributed by atoms with E-state index in [1.165, 1.54) is 0 Å². The first-order chi connectivity index (χ1) is 15.6. The lowest BCUT2D eigenvalue weighted by molar-refractivity contribution is 0.416. The van der Waals surface area contributed by atoms with Crippen molar-refractivity contribution in [1.29, 1.82) is 0 Å². The van der Waals surface area contributed by atoms with Gasteiger partial charge in [0.2, 0.25) is 5.95 Å². The molecule has 9 heteroatoms. The van der Waals surface area contributed by atoms with Gasteiger partial charge in [0.15, 0.2) is 0 Å². The fourth-order valence-electron chi connectivity index (χ4n) is 3.96. The summed E-state index contributed by atoms with van der Waals surface area (Å²) >= 11 is 6.47. The highest BCUT2D eigenvalue weighted by atomic mass is 35.5. The molecule has 1 fully saturated rings. The van der Waals surface area contributed by atoms with Crippen molar-refractivity contribution in [2.24, 2.45) is 0 Å². The monoisotopic (exact) mass is 449 g/mol. The number of fused-ring (bicyclic) bond motifs is 1. The van der Waals surface area contributed by atoms with E-state index in [2.05, 4.69) is 36.6 Å². The van der Waals surface area contributed by atoms with Crippen LogP contribution < -0.4 is 20.3 Å². The lowest BCUT2D eigenvalue weighted by Gasteiger charge is -2.30. The molecule has 1 saturated heterocycles. The van der Waals surface area contributed by atoms with E-state index in [0.29, 0.717) is 16.7 Å². The van der Waals surface area contributed by atoms with Crippen molar-refractivity contribution >= 4 is 34.6 Å². The predicted molar refractivity (Wildman–Crippen MR) is 127 cm³/mol. The Balaban J connectivity index is 1.47. The van der Waals surface area contributed by atoms with Crippen LogP contribution in [0.1, 0.15) is 5.56 Å². The van der Waals surface area contributed by atoms with Crippen LogP contribution in [0.5, 0.6) is 5.75 Å². The summed E-state index contributed by atoms with van der Waals surface area (Å²) in [6, 6.07) is 10.1. The van der Waals surface area contributed by atoms with Gasteiger partial charge in [0.1, 0.15) is 17.1 Å². The Bertz CT molecular complexity index is 1270. The molecule has 0 atom stereocenters. The summed E-state index contributed by atoms with van der Waals surface area (Å²) in [4.78, 5) is 15.9. The molecule has 3 aromatic heterocycles. The molecule has 1 aliphatic rings. The smallest absolute Gasteiger partial charge is 0.227 e. The lowest BCUT2D eigenvalue weighted by atomic mass is 10.2. The van der Waals surface area contributed by atoms with Crippen molar-refractivity contribution in [1.82, 2.24) is 24.7 Å². The number of ether oxygens (including phenoxy) is 1. The number of aryl methyl sites for hydroxylation is 1. The summed E-state index contributed by atoms with van der Waals surface area (Å²) in [5, 5.41) is 7.11. The number of benzene rings is 1. The molecule has 1 aliphatic heterocycles. The van der Waals surface area contributed by atoms with Crippen LogP contribution in [0.4, 0.5) is 17.3 Å². The van der Waals surface area contributed by atoms with Crippen molar-refractivity contribution in [3.8, 4) is 17.1 Å². The number of rotatable bonds is 5. The highest BCUT2D eigenvalue weighted by Gasteiger charge is 2.16. The molecule has 4 heterocycles. The van der Waals surface area contributed by atoms with Crippen LogP contribution >= 0.6 is 11.6 Å². The number of pyridine rings is 1. The second kappa shape index (κ2) is 8.64. The quantitative estimate of drug-likeness (QED) is 0.478. The molecule has 0 radical (unpaired) electrons. The maximum absolute atomic E-state index is 6.47. The Morgan fingerprint density at radius 3 is 2.78 bits per heavy atom. The summed E-state index contributed by atoms with van der Waals surface area (Å²) in [7, 11) is 1.66. The molecule has 8 nitrogen and oxygen atoms in total. The lowest BCUT2D eigenvalue weighted by Crippen LogP contribution is -2.43. The molecule has 5 rings (SSSR count). The molecule has 4 aromatic rings. The van der Waals surface area contributed by atoms with Gasteiger partial charge in [0.05, 0.1) is 35.9 Å². The number of hydrogen-bond donors (Lipinski definition) is 2. The van der Waals surface area contributed by atoms with E-state index in [1.54, 1.807) is 19.5 Å². The number of halogens is 1. The van der Waals surface area contributed by atoms with E-state index < -0.39 is 0 Å². The van der Waals surface area contributed by atoms with E-state index in [4.69, 9.17) is 16.3 Å². The number of methoxy groups -OCH3 is 1. The average molecular weight is 450 g/mol. The summed E-state index contributed by atoms with van der Waals surface area (Å²) in [5.74, 6) is 1.16. The molecular weight excluding hydrogens is 426 g/mol. The van der Waals surface area contributed by atoms with Crippen LogP contribution in [0, 0.1) is 6.92 Å². The molecule has 0 amide bonds. The highest BCUT2D eigenvalue weighted by Crippen LogP contribution is 2.33. The fraction of sp³-hybridized carbons (Fsp3) is 0.261. The van der Waals surface area contributed by atoms with Crippen molar-refractivity contribution < 1.29 is 4.74 Å². The third-order valence-corrected chi connectivity index (χ3v) is 5.91. The Morgan fingerprint density at radius 2 is 1.97 bits per heavy atom. The zero-order valence-electron chi connectivity index (χ0n) is 18.0. The van der Waals surface area contributed by atoms with Crippen molar-refractivity contribution in [3.63, 3.8) is 0 Å².